The Morgan fingerprint density at radius 3 is 1.61 bits per heavy atom. The molecule has 21 heteroatoms. The van der Waals surface area contributed by atoms with Crippen molar-refractivity contribution in [1.29, 1.82) is 0 Å². The Labute approximate surface area is 278 Å². The molecule has 5 rings (SSSR count). The summed E-state index contributed by atoms with van der Waals surface area (Å²) in [5.74, 6) is -6.44. The van der Waals surface area contributed by atoms with Gasteiger partial charge in [0, 0.05) is 28.3 Å². The molecule has 0 radical (unpaired) electrons. The third-order valence-corrected chi connectivity index (χ3v) is 6.92. The van der Waals surface area contributed by atoms with Crippen molar-refractivity contribution in [3.63, 3.8) is 0 Å². The fourth-order valence-corrected chi connectivity index (χ4v) is 4.57. The third kappa shape index (κ3) is 7.57. The van der Waals surface area contributed by atoms with Gasteiger partial charge in [-0.1, -0.05) is 20.8 Å². The van der Waals surface area contributed by atoms with Crippen molar-refractivity contribution >= 4 is 75.3 Å². The Kier molecular flexibility index (Phi) is 8.93. The number of nitrogens with one attached hydrogen (secondary N) is 2. The normalized spacial score (nSPS) is 11.4. The number of benzene rings is 2. The number of azo groups is 1. The summed E-state index contributed by atoms with van der Waals surface area (Å²) in [6.07, 6.45) is 1.31. The van der Waals surface area contributed by atoms with E-state index in [1.54, 1.807) is 0 Å². The summed E-state index contributed by atoms with van der Waals surface area (Å²) in [5.41, 5.74) is 4.94. The van der Waals surface area contributed by atoms with E-state index >= 15 is 0 Å². The molecule has 49 heavy (non-hydrogen) atoms. The van der Waals surface area contributed by atoms with E-state index in [1.165, 1.54) is 6.33 Å². The smallest absolute Gasteiger partial charge is 0.335 e. The first-order valence-corrected chi connectivity index (χ1v) is 14.5. The van der Waals surface area contributed by atoms with Crippen LogP contribution in [0, 0.1) is 0 Å². The van der Waals surface area contributed by atoms with Crippen LogP contribution in [0.2, 0.25) is 0 Å². The van der Waals surface area contributed by atoms with Crippen molar-refractivity contribution in [3.05, 3.63) is 70.7 Å². The predicted octanol–water partition coefficient (Wildman–Crippen LogP) is 4.48. The van der Waals surface area contributed by atoms with Crippen molar-refractivity contribution in [2.24, 2.45) is 10.2 Å². The Bertz CT molecular complexity index is 2000. The topological polar surface area (TPSA) is 306 Å². The number of carboxylic acids is 4. The SMILES string of the molecule is CC(C)(C)c1nn(-c2nc(Nc3cc(C(=O)O)cc(C(=O)O)c3)nc(Nc3cc(C(=O)O)cc(C(=O)O)c3)n2)c(N)c1N=Nc1ncns1. The zero-order chi connectivity index (χ0) is 35.6. The molecule has 0 aliphatic carbocycles. The minimum atomic E-state index is -1.40. The molecule has 0 bridgehead atoms. The molecule has 0 saturated carbocycles. The van der Waals surface area contributed by atoms with E-state index in [4.69, 9.17) is 5.73 Å². The third-order valence-electron chi connectivity index (χ3n) is 6.37. The Morgan fingerprint density at radius 1 is 0.755 bits per heavy atom. The zero-order valence-corrected chi connectivity index (χ0v) is 26.3. The first-order chi connectivity index (χ1) is 23.1. The fraction of sp³-hybridized carbons (Fsp3) is 0.143. The van der Waals surface area contributed by atoms with Gasteiger partial charge in [-0.3, -0.25) is 0 Å². The second-order valence-corrected chi connectivity index (χ2v) is 11.8. The Balaban J connectivity index is 1.68. The van der Waals surface area contributed by atoms with Crippen molar-refractivity contribution in [1.82, 2.24) is 34.1 Å². The van der Waals surface area contributed by atoms with E-state index in [1.807, 2.05) is 20.8 Å². The molecule has 3 aromatic heterocycles. The van der Waals surface area contributed by atoms with Gasteiger partial charge in [0.2, 0.25) is 17.0 Å². The minimum absolute atomic E-state index is 0.0307. The van der Waals surface area contributed by atoms with Gasteiger partial charge in [-0.05, 0) is 36.4 Å². The van der Waals surface area contributed by atoms with E-state index < -0.39 is 29.3 Å². The van der Waals surface area contributed by atoms with E-state index in [0.717, 1.165) is 52.6 Å². The molecule has 250 valence electrons. The number of rotatable bonds is 11. The van der Waals surface area contributed by atoms with Crippen LogP contribution < -0.4 is 16.4 Å². The molecular formula is C28H24N12O8S. The maximum atomic E-state index is 11.7. The highest BCUT2D eigenvalue weighted by Crippen LogP contribution is 2.37. The molecule has 20 nitrogen and oxygen atoms in total. The van der Waals surface area contributed by atoms with Crippen LogP contribution in [-0.4, -0.2) is 78.4 Å². The highest BCUT2D eigenvalue weighted by atomic mass is 32.1. The largest absolute Gasteiger partial charge is 0.478 e. The average molecular weight is 689 g/mol. The lowest BCUT2D eigenvalue weighted by atomic mass is 9.91. The Morgan fingerprint density at radius 2 is 1.22 bits per heavy atom. The summed E-state index contributed by atoms with van der Waals surface area (Å²) in [4.78, 5) is 63.8. The number of nitrogens with two attached hydrogens (primary N) is 1. The lowest BCUT2D eigenvalue weighted by Crippen LogP contribution is -2.15. The molecule has 0 unspecified atom stereocenters. The lowest BCUT2D eigenvalue weighted by Gasteiger charge is -2.15. The molecule has 0 amide bonds. The number of carboxylic acid groups (broad SMARTS) is 4. The highest BCUT2D eigenvalue weighted by molar-refractivity contribution is 7.09. The number of aromatic nitrogens is 7. The monoisotopic (exact) mass is 688 g/mol. The molecule has 0 aliphatic heterocycles. The summed E-state index contributed by atoms with van der Waals surface area (Å²) in [5, 5.41) is 56.8. The molecule has 0 spiro atoms. The number of nitrogens with zero attached hydrogens (tertiary/aromatic N) is 9. The number of carbonyl (C=O) groups is 4. The van der Waals surface area contributed by atoms with Gasteiger partial charge < -0.3 is 36.8 Å². The summed E-state index contributed by atoms with van der Waals surface area (Å²) < 4.78 is 5.01. The molecule has 8 N–H and O–H groups in total. The van der Waals surface area contributed by atoms with Gasteiger partial charge in [0.15, 0.2) is 11.5 Å². The van der Waals surface area contributed by atoms with Crippen LogP contribution in [-0.2, 0) is 5.41 Å². The maximum Gasteiger partial charge on any atom is 0.335 e. The molecular weight excluding hydrogens is 664 g/mol. The van der Waals surface area contributed by atoms with Crippen LogP contribution >= 0.6 is 11.5 Å². The number of hydrogen-bond donors (Lipinski definition) is 7. The number of hydrogen-bond acceptors (Lipinski definition) is 16. The molecule has 0 fully saturated rings. The van der Waals surface area contributed by atoms with Crippen LogP contribution in [0.3, 0.4) is 0 Å². The first-order valence-electron chi connectivity index (χ1n) is 13.7. The van der Waals surface area contributed by atoms with Gasteiger partial charge in [0.05, 0.1) is 27.9 Å². The van der Waals surface area contributed by atoms with Gasteiger partial charge in [-0.25, -0.2) is 24.2 Å². The van der Waals surface area contributed by atoms with Gasteiger partial charge in [-0.15, -0.1) is 10.2 Å². The van der Waals surface area contributed by atoms with Gasteiger partial charge in [0.25, 0.3) is 5.95 Å². The summed E-state index contributed by atoms with van der Waals surface area (Å²) in [7, 11) is 0. The van der Waals surface area contributed by atoms with Crippen LogP contribution in [0.25, 0.3) is 5.95 Å². The quantitative estimate of drug-likeness (QED) is 0.0940. The van der Waals surface area contributed by atoms with Gasteiger partial charge in [-0.2, -0.15) is 29.1 Å². The van der Waals surface area contributed by atoms with Gasteiger partial charge in [0.1, 0.15) is 6.33 Å². The average Bonchev–Trinajstić information content (AvgIpc) is 3.67. The Hall–Kier alpha value is -6.90. The van der Waals surface area contributed by atoms with E-state index in [9.17, 15) is 39.6 Å². The zero-order valence-electron chi connectivity index (χ0n) is 25.5. The summed E-state index contributed by atoms with van der Waals surface area (Å²) in [6.45, 7) is 5.55. The van der Waals surface area contributed by atoms with Crippen LogP contribution in [0.15, 0.2) is 53.0 Å². The summed E-state index contributed by atoms with van der Waals surface area (Å²) in [6, 6.07) is 6.51. The minimum Gasteiger partial charge on any atom is -0.478 e. The second kappa shape index (κ2) is 13.1. The number of nitrogen functional groups attached to an aromatic ring is 1. The molecule has 2 aromatic carbocycles. The van der Waals surface area contributed by atoms with Gasteiger partial charge >= 0.3 is 23.9 Å². The summed E-state index contributed by atoms with van der Waals surface area (Å²) >= 11 is 0.995. The van der Waals surface area contributed by atoms with Crippen LogP contribution in [0.4, 0.5) is 39.9 Å². The fourth-order valence-electron chi connectivity index (χ4n) is 4.21. The maximum absolute atomic E-state index is 11.7. The van der Waals surface area contributed by atoms with Crippen molar-refractivity contribution in [3.8, 4) is 5.95 Å². The molecule has 0 atom stereocenters. The van der Waals surface area contributed by atoms with Crippen LogP contribution in [0.1, 0.15) is 67.9 Å². The van der Waals surface area contributed by atoms with E-state index in [2.05, 4.69) is 50.3 Å². The second-order valence-electron chi connectivity index (χ2n) is 11.0. The first kappa shape index (κ1) is 33.5. The molecule has 5 aromatic rings. The van der Waals surface area contributed by atoms with Crippen molar-refractivity contribution < 1.29 is 39.6 Å². The van der Waals surface area contributed by atoms with Crippen LogP contribution in [0.5, 0.6) is 0 Å². The van der Waals surface area contributed by atoms with E-state index in [0.29, 0.717) is 5.69 Å². The van der Waals surface area contributed by atoms with Crippen molar-refractivity contribution in [2.45, 2.75) is 26.2 Å². The molecule has 0 aliphatic rings. The predicted molar refractivity (Wildman–Crippen MR) is 171 cm³/mol. The highest BCUT2D eigenvalue weighted by Gasteiger charge is 2.28. The number of aromatic carboxylic acids is 4. The van der Waals surface area contributed by atoms with E-state index in [-0.39, 0.29) is 68.1 Å². The number of anilines is 5. The standard InChI is InChI=1S/C28H24N12O8S/c1-28(2,3)18-17(37-38-27-30-10-31-49-27)19(29)40(39-18)26-35-24(32-15-6-11(20(41)42)4-12(7-15)21(43)44)34-25(36-26)33-16-8-13(22(45)46)5-14(9-16)23(47)48/h4-10H,29H2,1-3H3,(H,41,42)(H,43,44)(H,45,46)(H,47,48)(H2,32,33,34,35,36). The molecule has 3 heterocycles. The lowest BCUT2D eigenvalue weighted by molar-refractivity contribution is 0.0676. The molecule has 0 saturated heterocycles. The van der Waals surface area contributed by atoms with Crippen molar-refractivity contribution in [2.75, 3.05) is 16.4 Å².